The molecular formula is C30H31N3O3. The summed E-state index contributed by atoms with van der Waals surface area (Å²) < 4.78 is 4.86. The van der Waals surface area contributed by atoms with E-state index >= 15 is 0 Å². The van der Waals surface area contributed by atoms with Crippen LogP contribution in [0.4, 0.5) is 5.82 Å². The van der Waals surface area contributed by atoms with Gasteiger partial charge in [-0.05, 0) is 59.2 Å². The second kappa shape index (κ2) is 10.3. The summed E-state index contributed by atoms with van der Waals surface area (Å²) in [5.74, 6) is 0.163. The van der Waals surface area contributed by atoms with Gasteiger partial charge in [-0.3, -0.25) is 14.7 Å². The molecule has 0 unspecified atom stereocenters. The van der Waals surface area contributed by atoms with Gasteiger partial charge in [-0.25, -0.2) is 9.78 Å². The Kier molecular flexibility index (Phi) is 7.15. The van der Waals surface area contributed by atoms with Gasteiger partial charge in [-0.2, -0.15) is 0 Å². The highest BCUT2D eigenvalue weighted by Crippen LogP contribution is 2.30. The number of fused-ring (bicyclic) bond motifs is 1. The third-order valence-corrected chi connectivity index (χ3v) is 5.94. The van der Waals surface area contributed by atoms with Crippen molar-refractivity contribution in [3.8, 4) is 11.1 Å². The first kappa shape index (κ1) is 25.0. The number of amides is 1. The van der Waals surface area contributed by atoms with Crippen LogP contribution in [0.25, 0.3) is 21.9 Å². The minimum absolute atomic E-state index is 0.00800. The number of anilines is 1. The normalized spacial score (nSPS) is 11.4. The average molecular weight is 482 g/mol. The van der Waals surface area contributed by atoms with E-state index in [1.807, 2.05) is 76.4 Å². The number of hydrogen-bond acceptors (Lipinski definition) is 5. The highest BCUT2D eigenvalue weighted by Gasteiger charge is 2.25. The fourth-order valence-electron chi connectivity index (χ4n) is 4.08. The Labute approximate surface area is 212 Å². The van der Waals surface area contributed by atoms with Gasteiger partial charge in [0.05, 0.1) is 19.2 Å². The molecule has 4 aromatic rings. The standard InChI is InChI=1S/C30H31N3O3/c1-20-6-9-25(18-32-20)22-10-7-21(8-11-22)19-33(27(34)17-30(2,3)4)28-26-13-12-24(29(35)36-5)16-23(26)14-15-31-28/h6-16,18H,17,19H2,1-5H3. The number of methoxy groups -OCH3 is 1. The Morgan fingerprint density at radius 2 is 1.64 bits per heavy atom. The number of rotatable bonds is 6. The van der Waals surface area contributed by atoms with E-state index in [-0.39, 0.29) is 11.3 Å². The largest absolute Gasteiger partial charge is 0.465 e. The third-order valence-electron chi connectivity index (χ3n) is 5.94. The monoisotopic (exact) mass is 481 g/mol. The van der Waals surface area contributed by atoms with Gasteiger partial charge < -0.3 is 4.74 Å². The summed E-state index contributed by atoms with van der Waals surface area (Å²) in [7, 11) is 1.36. The topological polar surface area (TPSA) is 72.4 Å². The molecule has 0 saturated carbocycles. The van der Waals surface area contributed by atoms with Crippen LogP contribution < -0.4 is 4.90 Å². The molecule has 0 aliphatic heterocycles. The van der Waals surface area contributed by atoms with Crippen LogP contribution in [0, 0.1) is 12.3 Å². The number of aromatic nitrogens is 2. The molecule has 0 radical (unpaired) electrons. The van der Waals surface area contributed by atoms with Crippen molar-refractivity contribution in [2.24, 2.45) is 5.41 Å². The molecule has 0 N–H and O–H groups in total. The Bertz CT molecular complexity index is 1390. The van der Waals surface area contributed by atoms with Gasteiger partial charge in [0, 0.05) is 35.5 Å². The zero-order valence-electron chi connectivity index (χ0n) is 21.4. The van der Waals surface area contributed by atoms with Crippen LogP contribution >= 0.6 is 0 Å². The summed E-state index contributed by atoms with van der Waals surface area (Å²) in [5.41, 5.74) is 4.36. The lowest BCUT2D eigenvalue weighted by Crippen LogP contribution is -2.34. The zero-order valence-corrected chi connectivity index (χ0v) is 21.4. The molecule has 4 rings (SSSR count). The molecular weight excluding hydrogens is 450 g/mol. The lowest BCUT2D eigenvalue weighted by Gasteiger charge is -2.27. The van der Waals surface area contributed by atoms with E-state index in [0.717, 1.165) is 33.2 Å². The van der Waals surface area contributed by atoms with Crippen LogP contribution in [-0.2, 0) is 16.1 Å². The van der Waals surface area contributed by atoms with Crippen molar-refractivity contribution in [3.63, 3.8) is 0 Å². The molecule has 0 aliphatic carbocycles. The van der Waals surface area contributed by atoms with Crippen LogP contribution in [0.3, 0.4) is 0 Å². The molecule has 2 heterocycles. The smallest absolute Gasteiger partial charge is 0.337 e. The first-order valence-corrected chi connectivity index (χ1v) is 11.9. The number of nitrogens with zero attached hydrogens (tertiary/aromatic N) is 3. The van der Waals surface area contributed by atoms with Crippen molar-refractivity contribution in [1.82, 2.24) is 9.97 Å². The molecule has 0 fully saturated rings. The van der Waals surface area contributed by atoms with Crippen LogP contribution in [0.1, 0.15) is 48.8 Å². The van der Waals surface area contributed by atoms with Gasteiger partial charge in [0.25, 0.3) is 0 Å². The van der Waals surface area contributed by atoms with E-state index in [1.54, 1.807) is 23.2 Å². The van der Waals surface area contributed by atoms with Gasteiger partial charge >= 0.3 is 5.97 Å². The molecule has 6 nitrogen and oxygen atoms in total. The predicted octanol–water partition coefficient (Wildman–Crippen LogP) is 6.36. The maximum atomic E-state index is 13.6. The van der Waals surface area contributed by atoms with E-state index in [4.69, 9.17) is 4.74 Å². The number of pyridine rings is 2. The fourth-order valence-corrected chi connectivity index (χ4v) is 4.08. The molecule has 2 aromatic carbocycles. The molecule has 0 spiro atoms. The molecule has 2 aromatic heterocycles. The SMILES string of the molecule is COC(=O)c1ccc2c(N(Cc3ccc(-c4ccc(C)nc4)cc3)C(=O)CC(C)(C)C)nccc2c1. The van der Waals surface area contributed by atoms with E-state index in [1.165, 1.54) is 7.11 Å². The quantitative estimate of drug-likeness (QED) is 0.300. The minimum atomic E-state index is -0.403. The van der Waals surface area contributed by atoms with Crippen molar-refractivity contribution >= 4 is 28.5 Å². The molecule has 0 aliphatic rings. The fraction of sp³-hybridized carbons (Fsp3) is 0.267. The lowest BCUT2D eigenvalue weighted by molar-refractivity contribution is -0.120. The van der Waals surface area contributed by atoms with E-state index in [0.29, 0.717) is 24.3 Å². The number of carbonyl (C=O) groups excluding carboxylic acids is 2. The van der Waals surface area contributed by atoms with E-state index < -0.39 is 5.97 Å². The number of ether oxygens (including phenoxy) is 1. The molecule has 6 heteroatoms. The van der Waals surface area contributed by atoms with Crippen LogP contribution in [0.5, 0.6) is 0 Å². The first-order chi connectivity index (χ1) is 17.1. The molecule has 0 atom stereocenters. The van der Waals surface area contributed by atoms with Gasteiger partial charge in [0.2, 0.25) is 5.91 Å². The summed E-state index contributed by atoms with van der Waals surface area (Å²) >= 11 is 0. The van der Waals surface area contributed by atoms with Crippen molar-refractivity contribution in [2.45, 2.75) is 40.7 Å². The second-order valence-electron chi connectivity index (χ2n) is 10.2. The number of esters is 1. The zero-order chi connectivity index (χ0) is 25.9. The first-order valence-electron chi connectivity index (χ1n) is 11.9. The third kappa shape index (κ3) is 5.77. The van der Waals surface area contributed by atoms with E-state index in [2.05, 4.69) is 16.0 Å². The lowest BCUT2D eigenvalue weighted by atomic mass is 9.91. The number of hydrogen-bond donors (Lipinski definition) is 0. The maximum Gasteiger partial charge on any atom is 0.337 e. The van der Waals surface area contributed by atoms with Gasteiger partial charge in [-0.15, -0.1) is 0 Å². The van der Waals surface area contributed by atoms with E-state index in [9.17, 15) is 9.59 Å². The Morgan fingerprint density at radius 3 is 2.28 bits per heavy atom. The molecule has 0 saturated heterocycles. The Hall–Kier alpha value is -4.06. The summed E-state index contributed by atoms with van der Waals surface area (Å²) in [5, 5.41) is 1.62. The van der Waals surface area contributed by atoms with Crippen molar-refractivity contribution in [3.05, 3.63) is 89.9 Å². The number of carbonyl (C=O) groups is 2. The summed E-state index contributed by atoms with van der Waals surface area (Å²) in [6.07, 6.45) is 3.91. The van der Waals surface area contributed by atoms with Gasteiger partial charge in [-0.1, -0.05) is 51.1 Å². The average Bonchev–Trinajstić information content (AvgIpc) is 2.86. The number of benzene rings is 2. The Balaban J connectivity index is 1.70. The maximum absolute atomic E-state index is 13.6. The minimum Gasteiger partial charge on any atom is -0.465 e. The van der Waals surface area contributed by atoms with Crippen molar-refractivity contribution in [2.75, 3.05) is 12.0 Å². The second-order valence-corrected chi connectivity index (χ2v) is 10.2. The summed E-state index contributed by atoms with van der Waals surface area (Å²) in [4.78, 5) is 36.3. The highest BCUT2D eigenvalue weighted by molar-refractivity contribution is 6.04. The summed E-state index contributed by atoms with van der Waals surface area (Å²) in [6.45, 7) is 8.49. The van der Waals surface area contributed by atoms with Gasteiger partial charge in [0.1, 0.15) is 5.82 Å². The van der Waals surface area contributed by atoms with Crippen molar-refractivity contribution < 1.29 is 14.3 Å². The number of aryl methyl sites for hydroxylation is 1. The highest BCUT2D eigenvalue weighted by atomic mass is 16.5. The molecule has 0 bridgehead atoms. The Morgan fingerprint density at radius 1 is 0.917 bits per heavy atom. The molecule has 184 valence electrons. The van der Waals surface area contributed by atoms with Gasteiger partial charge in [0.15, 0.2) is 0 Å². The van der Waals surface area contributed by atoms with Crippen molar-refractivity contribution in [1.29, 1.82) is 0 Å². The molecule has 36 heavy (non-hydrogen) atoms. The molecule has 1 amide bonds. The van der Waals surface area contributed by atoms with Crippen LogP contribution in [0.15, 0.2) is 73.1 Å². The van der Waals surface area contributed by atoms with Crippen LogP contribution in [0.2, 0.25) is 0 Å². The van der Waals surface area contributed by atoms with Crippen LogP contribution in [-0.4, -0.2) is 29.0 Å². The summed E-state index contributed by atoms with van der Waals surface area (Å²) in [6, 6.07) is 19.4. The predicted molar refractivity (Wildman–Crippen MR) is 143 cm³/mol.